The number of carbonyl (C=O) groups excluding carboxylic acids is 2. The van der Waals surface area contributed by atoms with Gasteiger partial charge in [0.15, 0.2) is 0 Å². The van der Waals surface area contributed by atoms with Crippen molar-refractivity contribution in [3.63, 3.8) is 0 Å². The molecule has 0 saturated heterocycles. The molecule has 186 valence electrons. The van der Waals surface area contributed by atoms with Gasteiger partial charge in [-0.2, -0.15) is 5.10 Å². The fourth-order valence-corrected chi connectivity index (χ4v) is 5.33. The second-order valence-corrected chi connectivity index (χ2v) is 10.3. The van der Waals surface area contributed by atoms with Gasteiger partial charge >= 0.3 is 5.97 Å². The van der Waals surface area contributed by atoms with Gasteiger partial charge in [-0.25, -0.2) is 9.48 Å². The van der Waals surface area contributed by atoms with Crippen molar-refractivity contribution in [2.24, 2.45) is 0 Å². The summed E-state index contributed by atoms with van der Waals surface area (Å²) in [5.74, 6) is -1.10. The molecule has 2 heterocycles. The highest BCUT2D eigenvalue weighted by molar-refractivity contribution is 7.20. The number of aromatic nitrogens is 2. The van der Waals surface area contributed by atoms with Crippen LogP contribution in [0.4, 0.5) is 5.69 Å². The van der Waals surface area contributed by atoms with Crippen molar-refractivity contribution >= 4 is 62.3 Å². The van der Waals surface area contributed by atoms with E-state index in [0.717, 1.165) is 21.5 Å². The minimum absolute atomic E-state index is 0.350. The van der Waals surface area contributed by atoms with Gasteiger partial charge < -0.3 is 10.1 Å². The van der Waals surface area contributed by atoms with E-state index in [-0.39, 0.29) is 0 Å². The summed E-state index contributed by atoms with van der Waals surface area (Å²) in [6.45, 7) is 3.74. The summed E-state index contributed by atoms with van der Waals surface area (Å²) in [5, 5.41) is 9.28. The van der Waals surface area contributed by atoms with Gasteiger partial charge in [0.25, 0.3) is 5.91 Å². The highest BCUT2D eigenvalue weighted by Crippen LogP contribution is 2.34. The number of thiophene rings is 1. The second kappa shape index (κ2) is 10.4. The maximum atomic E-state index is 13.3. The van der Waals surface area contributed by atoms with Crippen LogP contribution in [0.1, 0.15) is 32.6 Å². The van der Waals surface area contributed by atoms with E-state index in [0.29, 0.717) is 31.9 Å². The third-order valence-electron chi connectivity index (χ3n) is 5.83. The topological polar surface area (TPSA) is 73.2 Å². The van der Waals surface area contributed by atoms with E-state index < -0.39 is 18.0 Å². The summed E-state index contributed by atoms with van der Waals surface area (Å²) >= 11 is 13.8. The summed E-state index contributed by atoms with van der Waals surface area (Å²) in [4.78, 5) is 27.7. The lowest BCUT2D eigenvalue weighted by Gasteiger charge is -2.18. The Kier molecular flexibility index (Phi) is 7.02. The van der Waals surface area contributed by atoms with Crippen LogP contribution in [0, 0.1) is 13.8 Å². The Bertz CT molecular complexity index is 1630. The third-order valence-corrected chi connectivity index (χ3v) is 7.65. The molecule has 0 fully saturated rings. The molecule has 1 amide bonds. The zero-order valence-corrected chi connectivity index (χ0v) is 22.2. The predicted octanol–water partition coefficient (Wildman–Crippen LogP) is 7.55. The predicted molar refractivity (Wildman–Crippen MR) is 148 cm³/mol. The van der Waals surface area contributed by atoms with Crippen molar-refractivity contribution in [1.29, 1.82) is 0 Å². The molecule has 0 aliphatic heterocycles. The molecule has 37 heavy (non-hydrogen) atoms. The van der Waals surface area contributed by atoms with E-state index in [9.17, 15) is 9.59 Å². The average molecular weight is 550 g/mol. The van der Waals surface area contributed by atoms with Gasteiger partial charge in [-0.15, -0.1) is 11.3 Å². The molecule has 1 N–H and O–H groups in total. The molecule has 9 heteroatoms. The number of fused-ring (bicyclic) bond motifs is 1. The number of anilines is 1. The number of benzene rings is 3. The van der Waals surface area contributed by atoms with Crippen LogP contribution in [0.2, 0.25) is 10.0 Å². The molecule has 1 atom stereocenters. The van der Waals surface area contributed by atoms with Gasteiger partial charge in [-0.3, -0.25) is 4.79 Å². The number of hydrogen-bond donors (Lipinski definition) is 1. The van der Waals surface area contributed by atoms with Gasteiger partial charge in [-0.1, -0.05) is 71.7 Å². The maximum absolute atomic E-state index is 13.3. The first-order chi connectivity index (χ1) is 17.8. The minimum atomic E-state index is -1.17. The first-order valence-corrected chi connectivity index (χ1v) is 13.0. The first-order valence-electron chi connectivity index (χ1n) is 11.4. The fourth-order valence-electron chi connectivity index (χ4n) is 3.88. The van der Waals surface area contributed by atoms with Gasteiger partial charge in [0.05, 0.1) is 16.4 Å². The smallest absolute Gasteiger partial charge is 0.349 e. The van der Waals surface area contributed by atoms with E-state index in [1.165, 1.54) is 11.3 Å². The number of esters is 1. The molecule has 0 radical (unpaired) electrons. The summed E-state index contributed by atoms with van der Waals surface area (Å²) in [7, 11) is 0. The van der Waals surface area contributed by atoms with Gasteiger partial charge in [0.2, 0.25) is 6.10 Å². The van der Waals surface area contributed by atoms with Crippen LogP contribution in [-0.2, 0) is 9.53 Å². The third kappa shape index (κ3) is 5.11. The van der Waals surface area contributed by atoms with E-state index in [1.54, 1.807) is 53.2 Å². The number of rotatable bonds is 6. The van der Waals surface area contributed by atoms with E-state index in [2.05, 4.69) is 10.4 Å². The number of aryl methyl sites for hydroxylation is 2. The quantitative estimate of drug-likeness (QED) is 0.222. The number of carbonyl (C=O) groups is 2. The molecule has 0 spiro atoms. The van der Waals surface area contributed by atoms with Gasteiger partial charge in [0.1, 0.15) is 9.71 Å². The number of nitrogens with zero attached hydrogens (tertiary/aromatic N) is 2. The average Bonchev–Trinajstić information content (AvgIpc) is 3.46. The molecular formula is C28H21Cl2N3O3S. The van der Waals surface area contributed by atoms with Crippen LogP contribution in [0.25, 0.3) is 15.9 Å². The molecular weight excluding hydrogens is 529 g/mol. The maximum Gasteiger partial charge on any atom is 0.349 e. The summed E-state index contributed by atoms with van der Waals surface area (Å²) in [5.41, 5.74) is 3.41. The van der Waals surface area contributed by atoms with Gasteiger partial charge in [-0.05, 0) is 49.7 Å². The lowest BCUT2D eigenvalue weighted by molar-refractivity contribution is -0.125. The lowest BCUT2D eigenvalue weighted by Crippen LogP contribution is -2.25. The summed E-state index contributed by atoms with van der Waals surface area (Å²) in [6.07, 6.45) is -1.17. The van der Waals surface area contributed by atoms with Crippen LogP contribution in [0.5, 0.6) is 0 Å². The Hall–Kier alpha value is -3.65. The summed E-state index contributed by atoms with van der Waals surface area (Å²) < 4.78 is 7.51. The molecule has 0 aliphatic carbocycles. The number of halogens is 2. The Balaban J connectivity index is 1.45. The molecule has 5 aromatic rings. The van der Waals surface area contributed by atoms with Crippen LogP contribution >= 0.6 is 34.5 Å². The summed E-state index contributed by atoms with van der Waals surface area (Å²) in [6, 6.07) is 23.2. The van der Waals surface area contributed by atoms with Crippen molar-refractivity contribution in [1.82, 2.24) is 9.78 Å². The lowest BCUT2D eigenvalue weighted by atomic mass is 10.1. The van der Waals surface area contributed by atoms with Crippen LogP contribution in [0.15, 0.2) is 78.9 Å². The zero-order valence-electron chi connectivity index (χ0n) is 19.9. The van der Waals surface area contributed by atoms with Crippen molar-refractivity contribution in [2.75, 3.05) is 5.32 Å². The SMILES string of the molecule is Cc1ccc(NC(=O)C(OC(=O)c2cc3c(C)nn(-c4ccccc4Cl)c3s2)c2ccccc2)cc1Cl. The van der Waals surface area contributed by atoms with E-state index in [1.807, 2.05) is 44.2 Å². The molecule has 2 aromatic heterocycles. The number of amides is 1. The van der Waals surface area contributed by atoms with Gasteiger partial charge in [0, 0.05) is 21.7 Å². The Morgan fingerprint density at radius 3 is 2.41 bits per heavy atom. The van der Waals surface area contributed by atoms with Crippen LogP contribution in [-0.4, -0.2) is 21.7 Å². The molecule has 0 aliphatic rings. The van der Waals surface area contributed by atoms with Crippen molar-refractivity contribution < 1.29 is 14.3 Å². The number of hydrogen-bond acceptors (Lipinski definition) is 5. The van der Waals surface area contributed by atoms with E-state index >= 15 is 0 Å². The number of nitrogens with one attached hydrogen (secondary N) is 1. The standard InChI is InChI=1S/C28H21Cl2N3O3S/c1-16-12-13-19(14-22(16)30)31-26(34)25(18-8-4-3-5-9-18)36-28(35)24-15-20-17(2)32-33(27(20)37-24)23-11-7-6-10-21(23)29/h3-15,25H,1-2H3,(H,31,34). The Morgan fingerprint density at radius 2 is 1.68 bits per heavy atom. The van der Waals surface area contributed by atoms with Crippen molar-refractivity contribution in [3.8, 4) is 5.69 Å². The normalized spacial score (nSPS) is 11.9. The molecule has 0 bridgehead atoms. The zero-order chi connectivity index (χ0) is 26.1. The first kappa shape index (κ1) is 25.0. The minimum Gasteiger partial charge on any atom is -0.443 e. The monoisotopic (exact) mass is 549 g/mol. The highest BCUT2D eigenvalue weighted by Gasteiger charge is 2.28. The Morgan fingerprint density at radius 1 is 0.946 bits per heavy atom. The largest absolute Gasteiger partial charge is 0.443 e. The Labute approximate surface area is 227 Å². The molecule has 3 aromatic carbocycles. The molecule has 0 saturated carbocycles. The van der Waals surface area contributed by atoms with Crippen LogP contribution in [0.3, 0.4) is 0 Å². The van der Waals surface area contributed by atoms with Crippen molar-refractivity contribution in [3.05, 3.63) is 111 Å². The van der Waals surface area contributed by atoms with Crippen LogP contribution < -0.4 is 5.32 Å². The fraction of sp³-hybridized carbons (Fsp3) is 0.107. The molecule has 1 unspecified atom stereocenters. The number of para-hydroxylation sites is 1. The number of ether oxygens (including phenoxy) is 1. The second-order valence-electron chi connectivity index (χ2n) is 8.43. The highest BCUT2D eigenvalue weighted by atomic mass is 35.5. The molecule has 5 rings (SSSR count). The molecule has 6 nitrogen and oxygen atoms in total. The van der Waals surface area contributed by atoms with Crippen molar-refractivity contribution in [2.45, 2.75) is 20.0 Å². The van der Waals surface area contributed by atoms with E-state index in [4.69, 9.17) is 27.9 Å².